The number of rotatable bonds is 4. The second-order valence-electron chi connectivity index (χ2n) is 4.22. The summed E-state index contributed by atoms with van der Waals surface area (Å²) in [4.78, 5) is 0.141. The fraction of sp³-hybridized carbons (Fsp3) is 0.462. The molecule has 0 spiro atoms. The predicted octanol–water partition coefficient (Wildman–Crippen LogP) is 0.978. The van der Waals surface area contributed by atoms with Gasteiger partial charge in [0, 0.05) is 19.2 Å². The van der Waals surface area contributed by atoms with E-state index in [9.17, 15) is 8.42 Å². The van der Waals surface area contributed by atoms with Crippen LogP contribution in [0, 0.1) is 11.3 Å². The normalized spacial score (nSPS) is 16.6. The second kappa shape index (κ2) is 6.22. The molecule has 108 valence electrons. The van der Waals surface area contributed by atoms with Gasteiger partial charge >= 0.3 is 0 Å². The lowest BCUT2D eigenvalue weighted by Crippen LogP contribution is -2.40. The molecule has 20 heavy (non-hydrogen) atoms. The van der Waals surface area contributed by atoms with Crippen LogP contribution in [0.1, 0.15) is 12.5 Å². The number of ether oxygens (including phenoxy) is 2. The molecule has 0 amide bonds. The van der Waals surface area contributed by atoms with Crippen molar-refractivity contribution in [2.75, 3.05) is 32.9 Å². The van der Waals surface area contributed by atoms with E-state index in [1.54, 1.807) is 6.92 Å². The van der Waals surface area contributed by atoms with Gasteiger partial charge in [-0.15, -0.1) is 0 Å². The van der Waals surface area contributed by atoms with Crippen LogP contribution in [-0.2, 0) is 14.8 Å². The monoisotopic (exact) mass is 296 g/mol. The van der Waals surface area contributed by atoms with Crippen molar-refractivity contribution in [3.05, 3.63) is 23.8 Å². The first-order chi connectivity index (χ1) is 9.59. The fourth-order valence-electron chi connectivity index (χ4n) is 1.97. The lowest BCUT2D eigenvalue weighted by Gasteiger charge is -2.26. The van der Waals surface area contributed by atoms with Crippen molar-refractivity contribution < 1.29 is 17.9 Å². The van der Waals surface area contributed by atoms with Crippen molar-refractivity contribution in [2.45, 2.75) is 11.8 Å². The van der Waals surface area contributed by atoms with Crippen molar-refractivity contribution in [2.24, 2.45) is 0 Å². The van der Waals surface area contributed by atoms with Gasteiger partial charge in [-0.1, -0.05) is 0 Å². The van der Waals surface area contributed by atoms with Crippen LogP contribution < -0.4 is 4.74 Å². The Labute approximate surface area is 118 Å². The van der Waals surface area contributed by atoms with Crippen molar-refractivity contribution in [1.29, 1.82) is 5.26 Å². The maximum Gasteiger partial charge on any atom is 0.243 e. The molecule has 0 unspecified atom stereocenters. The lowest BCUT2D eigenvalue weighted by molar-refractivity contribution is 0.0730. The Kier molecular flexibility index (Phi) is 4.60. The fourth-order valence-corrected chi connectivity index (χ4v) is 3.39. The van der Waals surface area contributed by atoms with Crippen LogP contribution in [-0.4, -0.2) is 45.6 Å². The number of benzene rings is 1. The van der Waals surface area contributed by atoms with Gasteiger partial charge in [-0.05, 0) is 19.1 Å². The third-order valence-corrected chi connectivity index (χ3v) is 4.88. The summed E-state index contributed by atoms with van der Waals surface area (Å²) in [5.74, 6) is 0.296. The van der Waals surface area contributed by atoms with Gasteiger partial charge in [-0.25, -0.2) is 8.42 Å². The van der Waals surface area contributed by atoms with E-state index in [1.807, 2.05) is 6.07 Å². The minimum absolute atomic E-state index is 0.141. The maximum absolute atomic E-state index is 12.5. The second-order valence-corrected chi connectivity index (χ2v) is 6.16. The Balaban J connectivity index is 2.36. The van der Waals surface area contributed by atoms with Crippen LogP contribution in [0.5, 0.6) is 5.75 Å². The average molecular weight is 296 g/mol. The number of nitriles is 1. The van der Waals surface area contributed by atoms with Crippen molar-refractivity contribution in [1.82, 2.24) is 4.31 Å². The van der Waals surface area contributed by atoms with E-state index in [1.165, 1.54) is 22.5 Å². The SMILES string of the molecule is CCOc1cc(S(=O)(=O)N2CCOCC2)ccc1C#N. The van der Waals surface area contributed by atoms with Crippen LogP contribution in [0.25, 0.3) is 0 Å². The van der Waals surface area contributed by atoms with Crippen LogP contribution in [0.4, 0.5) is 0 Å². The summed E-state index contributed by atoms with van der Waals surface area (Å²) in [6.45, 7) is 3.63. The van der Waals surface area contributed by atoms with Crippen molar-refractivity contribution in [3.8, 4) is 11.8 Å². The number of hydrogen-bond acceptors (Lipinski definition) is 5. The highest BCUT2D eigenvalue weighted by molar-refractivity contribution is 7.89. The van der Waals surface area contributed by atoms with Gasteiger partial charge in [-0.3, -0.25) is 0 Å². The first kappa shape index (κ1) is 14.8. The van der Waals surface area contributed by atoms with Crippen LogP contribution in [0.15, 0.2) is 23.1 Å². The van der Waals surface area contributed by atoms with Gasteiger partial charge in [0.2, 0.25) is 10.0 Å². The molecule has 1 saturated heterocycles. The molecule has 0 aromatic heterocycles. The summed E-state index contributed by atoms with van der Waals surface area (Å²) < 4.78 is 36.8. The molecule has 1 heterocycles. The van der Waals surface area contributed by atoms with Gasteiger partial charge < -0.3 is 9.47 Å². The zero-order chi connectivity index (χ0) is 14.6. The van der Waals surface area contributed by atoms with E-state index in [-0.39, 0.29) is 4.90 Å². The Bertz CT molecular complexity index is 616. The van der Waals surface area contributed by atoms with E-state index < -0.39 is 10.0 Å². The largest absolute Gasteiger partial charge is 0.492 e. The molecule has 0 radical (unpaired) electrons. The molecule has 1 aromatic rings. The van der Waals surface area contributed by atoms with Crippen LogP contribution in [0.3, 0.4) is 0 Å². The molecule has 0 aliphatic carbocycles. The first-order valence-electron chi connectivity index (χ1n) is 6.34. The van der Waals surface area contributed by atoms with E-state index in [2.05, 4.69) is 0 Å². The highest BCUT2D eigenvalue weighted by atomic mass is 32.2. The topological polar surface area (TPSA) is 79.6 Å². The molecular formula is C13H16N2O4S. The number of morpholine rings is 1. The first-order valence-corrected chi connectivity index (χ1v) is 7.78. The molecule has 1 fully saturated rings. The Morgan fingerprint density at radius 2 is 2.10 bits per heavy atom. The standard InChI is InChI=1S/C13H16N2O4S/c1-2-19-13-9-12(4-3-11(13)10-14)20(16,17)15-5-7-18-8-6-15/h3-4,9H,2,5-8H2,1H3. The smallest absolute Gasteiger partial charge is 0.243 e. The molecule has 2 rings (SSSR count). The molecule has 1 aliphatic rings. The highest BCUT2D eigenvalue weighted by Crippen LogP contribution is 2.25. The number of nitrogens with zero attached hydrogens (tertiary/aromatic N) is 2. The molecule has 0 bridgehead atoms. The molecule has 1 aromatic carbocycles. The quantitative estimate of drug-likeness (QED) is 0.827. The van der Waals surface area contributed by atoms with Crippen LogP contribution >= 0.6 is 0 Å². The Morgan fingerprint density at radius 1 is 1.40 bits per heavy atom. The number of sulfonamides is 1. The third kappa shape index (κ3) is 2.93. The zero-order valence-electron chi connectivity index (χ0n) is 11.2. The summed E-state index contributed by atoms with van der Waals surface area (Å²) >= 11 is 0. The van der Waals surface area contributed by atoms with E-state index in [0.29, 0.717) is 44.2 Å². The third-order valence-electron chi connectivity index (χ3n) is 2.98. The average Bonchev–Trinajstić information content (AvgIpc) is 2.48. The van der Waals surface area contributed by atoms with E-state index in [0.717, 1.165) is 0 Å². The minimum atomic E-state index is -3.56. The molecule has 0 saturated carbocycles. The van der Waals surface area contributed by atoms with Crippen LogP contribution in [0.2, 0.25) is 0 Å². The lowest BCUT2D eigenvalue weighted by atomic mass is 10.2. The summed E-state index contributed by atoms with van der Waals surface area (Å²) in [6, 6.07) is 6.30. The van der Waals surface area contributed by atoms with Gasteiger partial charge in [-0.2, -0.15) is 9.57 Å². The molecule has 0 atom stereocenters. The molecule has 7 heteroatoms. The molecular weight excluding hydrogens is 280 g/mol. The maximum atomic E-state index is 12.5. The summed E-state index contributed by atoms with van der Waals surface area (Å²) in [5, 5.41) is 8.98. The van der Waals surface area contributed by atoms with Gasteiger partial charge in [0.25, 0.3) is 0 Å². The highest BCUT2D eigenvalue weighted by Gasteiger charge is 2.27. The zero-order valence-corrected chi connectivity index (χ0v) is 12.0. The number of hydrogen-bond donors (Lipinski definition) is 0. The van der Waals surface area contributed by atoms with E-state index >= 15 is 0 Å². The summed E-state index contributed by atoms with van der Waals surface area (Å²) in [6.07, 6.45) is 0. The Hall–Kier alpha value is -1.62. The molecule has 0 N–H and O–H groups in total. The van der Waals surface area contributed by atoms with Gasteiger partial charge in [0.1, 0.15) is 11.8 Å². The van der Waals surface area contributed by atoms with Gasteiger partial charge in [0.05, 0.1) is 30.3 Å². The molecule has 6 nitrogen and oxygen atoms in total. The summed E-state index contributed by atoms with van der Waals surface area (Å²) in [7, 11) is -3.56. The predicted molar refractivity (Wildman–Crippen MR) is 71.9 cm³/mol. The minimum Gasteiger partial charge on any atom is -0.492 e. The summed E-state index contributed by atoms with van der Waals surface area (Å²) in [5.41, 5.74) is 0.327. The molecule has 1 aliphatic heterocycles. The van der Waals surface area contributed by atoms with E-state index in [4.69, 9.17) is 14.7 Å². The van der Waals surface area contributed by atoms with Crippen molar-refractivity contribution >= 4 is 10.0 Å². The van der Waals surface area contributed by atoms with Gasteiger partial charge in [0.15, 0.2) is 0 Å². The Morgan fingerprint density at radius 3 is 2.70 bits per heavy atom. The van der Waals surface area contributed by atoms with Crippen molar-refractivity contribution in [3.63, 3.8) is 0 Å².